The van der Waals surface area contributed by atoms with E-state index < -0.39 is 28.8 Å². The van der Waals surface area contributed by atoms with E-state index in [1.165, 1.54) is 0 Å². The van der Waals surface area contributed by atoms with Gasteiger partial charge in [-0.15, -0.1) is 0 Å². The summed E-state index contributed by atoms with van der Waals surface area (Å²) in [7, 11) is 0. The van der Waals surface area contributed by atoms with Crippen LogP contribution in [0.5, 0.6) is 0 Å². The molecular weight excluding hydrogens is 524 g/mol. The molecule has 39 heavy (non-hydrogen) atoms. The van der Waals surface area contributed by atoms with Gasteiger partial charge in [0.2, 0.25) is 0 Å². The van der Waals surface area contributed by atoms with Crippen LogP contribution in [0, 0.1) is 18.6 Å². The van der Waals surface area contributed by atoms with E-state index in [2.05, 4.69) is 5.10 Å². The molecule has 0 saturated heterocycles. The Morgan fingerprint density at radius 3 is 2.44 bits per heavy atom. The molecule has 0 N–H and O–H groups in total. The van der Waals surface area contributed by atoms with E-state index in [-0.39, 0.29) is 18.7 Å². The number of esters is 1. The van der Waals surface area contributed by atoms with Crippen LogP contribution in [0.4, 0.5) is 8.78 Å². The van der Waals surface area contributed by atoms with Crippen molar-refractivity contribution in [1.29, 1.82) is 0 Å². The summed E-state index contributed by atoms with van der Waals surface area (Å²) in [6, 6.07) is 15.4. The molecule has 5 aromatic rings. The predicted molar refractivity (Wildman–Crippen MR) is 148 cm³/mol. The SMILES string of the molecule is Cc1c(-c2nn(Cc3cc(F)ccc3F)c(=O)c3ccccc23)c2cc(Cl)ccc2n1CC(=O)OC(C)(C)C. The molecule has 0 bridgehead atoms. The van der Waals surface area contributed by atoms with E-state index in [0.29, 0.717) is 32.7 Å². The van der Waals surface area contributed by atoms with Crippen molar-refractivity contribution in [3.8, 4) is 11.3 Å². The Balaban J connectivity index is 1.76. The Hall–Kier alpha value is -4.04. The minimum absolute atomic E-state index is 0.00190. The van der Waals surface area contributed by atoms with Gasteiger partial charge in [0.15, 0.2) is 0 Å². The molecule has 0 amide bonds. The van der Waals surface area contributed by atoms with Crippen LogP contribution in [0.15, 0.2) is 65.5 Å². The Morgan fingerprint density at radius 1 is 1.00 bits per heavy atom. The van der Waals surface area contributed by atoms with Gasteiger partial charge in [-0.25, -0.2) is 13.5 Å². The Kier molecular flexibility index (Phi) is 6.76. The minimum atomic E-state index is -0.653. The summed E-state index contributed by atoms with van der Waals surface area (Å²) >= 11 is 6.39. The first-order valence-electron chi connectivity index (χ1n) is 12.4. The minimum Gasteiger partial charge on any atom is -0.459 e. The summed E-state index contributed by atoms with van der Waals surface area (Å²) in [6.07, 6.45) is 0. The Morgan fingerprint density at radius 2 is 1.72 bits per heavy atom. The molecule has 200 valence electrons. The summed E-state index contributed by atoms with van der Waals surface area (Å²) in [6.45, 7) is 6.95. The molecule has 3 aromatic carbocycles. The maximum atomic E-state index is 14.5. The summed E-state index contributed by atoms with van der Waals surface area (Å²) in [5, 5.41) is 6.83. The molecule has 0 atom stereocenters. The molecule has 0 fully saturated rings. The lowest BCUT2D eigenvalue weighted by Gasteiger charge is -2.20. The fourth-order valence-corrected chi connectivity index (χ4v) is 4.98. The van der Waals surface area contributed by atoms with Gasteiger partial charge in [-0.2, -0.15) is 5.10 Å². The van der Waals surface area contributed by atoms with Crippen LogP contribution in [0.1, 0.15) is 32.0 Å². The second-order valence-electron chi connectivity index (χ2n) is 10.4. The second-order valence-corrected chi connectivity index (χ2v) is 10.8. The molecule has 5 rings (SSSR count). The van der Waals surface area contributed by atoms with E-state index in [0.717, 1.165) is 33.8 Å². The van der Waals surface area contributed by atoms with E-state index >= 15 is 0 Å². The molecule has 9 heteroatoms. The van der Waals surface area contributed by atoms with Gasteiger partial charge in [0.05, 0.1) is 11.9 Å². The molecule has 0 unspecified atom stereocenters. The molecule has 2 heterocycles. The molecular formula is C30H26ClF2N3O3. The van der Waals surface area contributed by atoms with Gasteiger partial charge in [-0.05, 0) is 70.2 Å². The molecule has 6 nitrogen and oxygen atoms in total. The van der Waals surface area contributed by atoms with Gasteiger partial charge in [-0.3, -0.25) is 9.59 Å². The van der Waals surface area contributed by atoms with Crippen molar-refractivity contribution >= 4 is 39.2 Å². The average molecular weight is 550 g/mol. The van der Waals surface area contributed by atoms with E-state index in [4.69, 9.17) is 16.3 Å². The predicted octanol–water partition coefficient (Wildman–Crippen LogP) is 6.65. The number of carbonyl (C=O) groups excluding carboxylic acids is 1. The summed E-state index contributed by atoms with van der Waals surface area (Å²) in [4.78, 5) is 26.2. The second kappa shape index (κ2) is 9.93. The van der Waals surface area contributed by atoms with Crippen molar-refractivity contribution in [1.82, 2.24) is 14.3 Å². The lowest BCUT2D eigenvalue weighted by Crippen LogP contribution is -2.26. The van der Waals surface area contributed by atoms with Gasteiger partial charge >= 0.3 is 5.97 Å². The van der Waals surface area contributed by atoms with Gasteiger partial charge < -0.3 is 9.30 Å². The maximum Gasteiger partial charge on any atom is 0.326 e. The number of nitrogens with zero attached hydrogens (tertiary/aromatic N) is 3. The zero-order chi connectivity index (χ0) is 28.1. The first-order chi connectivity index (χ1) is 18.4. The largest absolute Gasteiger partial charge is 0.459 e. The summed E-state index contributed by atoms with van der Waals surface area (Å²) < 4.78 is 36.9. The van der Waals surface area contributed by atoms with Crippen LogP contribution in [0.2, 0.25) is 5.02 Å². The molecule has 0 aliphatic carbocycles. The van der Waals surface area contributed by atoms with Crippen LogP contribution in [0.25, 0.3) is 32.9 Å². The topological polar surface area (TPSA) is 66.1 Å². The van der Waals surface area contributed by atoms with Crippen LogP contribution in [-0.4, -0.2) is 25.9 Å². The van der Waals surface area contributed by atoms with Gasteiger partial charge in [0.25, 0.3) is 5.56 Å². The lowest BCUT2D eigenvalue weighted by molar-refractivity contribution is -0.155. The number of aromatic nitrogens is 3. The molecule has 2 aromatic heterocycles. The standard InChI is InChI=1S/C30H26ClF2N3O3/c1-17-27(23-14-19(31)9-12-25(23)35(17)16-26(37)39-30(2,3)4)28-21-7-5-6-8-22(21)29(38)36(34-28)15-18-13-20(32)10-11-24(18)33/h5-14H,15-16H2,1-4H3. The van der Waals surface area contributed by atoms with Gasteiger partial charge in [-0.1, -0.05) is 29.8 Å². The third-order valence-corrected chi connectivity index (χ3v) is 6.66. The highest BCUT2D eigenvalue weighted by molar-refractivity contribution is 6.31. The summed E-state index contributed by atoms with van der Waals surface area (Å²) in [5.41, 5.74) is 1.47. The monoisotopic (exact) mass is 549 g/mol. The lowest BCUT2D eigenvalue weighted by atomic mass is 10.0. The number of carbonyl (C=O) groups is 1. The van der Waals surface area contributed by atoms with Crippen molar-refractivity contribution in [3.05, 3.63) is 98.9 Å². The van der Waals surface area contributed by atoms with Gasteiger partial charge in [0.1, 0.15) is 29.5 Å². The van der Waals surface area contributed by atoms with E-state index in [1.54, 1.807) is 57.2 Å². The first kappa shape index (κ1) is 26.6. The Labute approximate surface area is 228 Å². The van der Waals surface area contributed by atoms with Crippen LogP contribution in [-0.2, 0) is 22.6 Å². The fourth-order valence-electron chi connectivity index (χ4n) is 4.81. The molecule has 0 radical (unpaired) electrons. The molecule has 0 aliphatic heterocycles. The number of ether oxygens (including phenoxy) is 1. The van der Waals surface area contributed by atoms with Crippen molar-refractivity contribution in [3.63, 3.8) is 0 Å². The van der Waals surface area contributed by atoms with Crippen molar-refractivity contribution in [2.75, 3.05) is 0 Å². The number of hydrogen-bond acceptors (Lipinski definition) is 4. The summed E-state index contributed by atoms with van der Waals surface area (Å²) in [5.74, 6) is -1.67. The smallest absolute Gasteiger partial charge is 0.326 e. The number of rotatable bonds is 5. The number of benzene rings is 3. The average Bonchev–Trinajstić information content (AvgIpc) is 3.12. The van der Waals surface area contributed by atoms with Gasteiger partial charge in [0, 0.05) is 38.1 Å². The van der Waals surface area contributed by atoms with Crippen molar-refractivity contribution in [2.45, 2.75) is 46.4 Å². The fraction of sp³-hybridized carbons (Fsp3) is 0.233. The number of hydrogen-bond donors (Lipinski definition) is 0. The number of fused-ring (bicyclic) bond motifs is 2. The van der Waals surface area contributed by atoms with Crippen LogP contribution in [0.3, 0.4) is 0 Å². The first-order valence-corrected chi connectivity index (χ1v) is 12.7. The normalized spacial score (nSPS) is 11.9. The third kappa shape index (κ3) is 5.16. The zero-order valence-corrected chi connectivity index (χ0v) is 22.6. The maximum absolute atomic E-state index is 14.5. The highest BCUT2D eigenvalue weighted by Crippen LogP contribution is 2.38. The highest BCUT2D eigenvalue weighted by Gasteiger charge is 2.24. The molecule has 0 saturated carbocycles. The molecule has 0 aliphatic rings. The van der Waals surface area contributed by atoms with E-state index in [1.807, 2.05) is 17.6 Å². The molecule has 0 spiro atoms. The quantitative estimate of drug-likeness (QED) is 0.230. The zero-order valence-electron chi connectivity index (χ0n) is 21.9. The highest BCUT2D eigenvalue weighted by atomic mass is 35.5. The van der Waals surface area contributed by atoms with Crippen LogP contribution < -0.4 is 5.56 Å². The Bertz CT molecular complexity index is 1820. The van der Waals surface area contributed by atoms with Crippen LogP contribution >= 0.6 is 11.6 Å². The van der Waals surface area contributed by atoms with Crippen molar-refractivity contribution in [2.24, 2.45) is 0 Å². The van der Waals surface area contributed by atoms with Crippen molar-refractivity contribution < 1.29 is 18.3 Å². The third-order valence-electron chi connectivity index (χ3n) is 6.43. The van der Waals surface area contributed by atoms with E-state index in [9.17, 15) is 18.4 Å². The number of halogens is 3.